The van der Waals surface area contributed by atoms with Gasteiger partial charge in [-0.25, -0.2) is 14.6 Å². The first-order valence-corrected chi connectivity index (χ1v) is 13.6. The zero-order chi connectivity index (χ0) is 27.4. The smallest absolute Gasteiger partial charge is 0.425 e. The molecule has 1 aromatic carbocycles. The molecular formula is C28H38BrN3O5. The number of hydrogen-bond donors (Lipinski definition) is 0. The van der Waals surface area contributed by atoms with Crippen molar-refractivity contribution in [1.29, 1.82) is 0 Å². The molecule has 2 spiro atoms. The first kappa shape index (κ1) is 27.8. The van der Waals surface area contributed by atoms with Gasteiger partial charge >= 0.3 is 12.2 Å². The number of benzene rings is 1. The third-order valence-electron chi connectivity index (χ3n) is 7.22. The number of carbonyl (C=O) groups is 2. The minimum absolute atomic E-state index is 0.171. The van der Waals surface area contributed by atoms with Crippen molar-refractivity contribution in [2.75, 3.05) is 7.11 Å². The highest BCUT2D eigenvalue weighted by Gasteiger charge is 2.61. The Hall–Kier alpha value is -2.26. The lowest BCUT2D eigenvalue weighted by Gasteiger charge is -2.44. The number of aliphatic imine (C=N–C) groups is 2. The van der Waals surface area contributed by atoms with Crippen molar-refractivity contribution in [3.63, 3.8) is 0 Å². The van der Waals surface area contributed by atoms with E-state index in [1.54, 1.807) is 55.6 Å². The lowest BCUT2D eigenvalue weighted by Crippen LogP contribution is -2.49. The molecule has 1 unspecified atom stereocenters. The number of amidine groups is 1. The number of amides is 2. The average Bonchev–Trinajstić information content (AvgIpc) is 3.22. The molecule has 3 aliphatic rings. The number of nitrogens with zero attached hydrogens (tertiary/aromatic N) is 3. The maximum atomic E-state index is 13.4. The van der Waals surface area contributed by atoms with E-state index >= 15 is 0 Å². The minimum atomic E-state index is -0.952. The summed E-state index contributed by atoms with van der Waals surface area (Å²) in [5, 5.41) is 0. The fourth-order valence-electron chi connectivity index (χ4n) is 5.69. The largest absolute Gasteiger partial charge is 0.443 e. The van der Waals surface area contributed by atoms with Gasteiger partial charge in [0.2, 0.25) is 0 Å². The zero-order valence-electron chi connectivity index (χ0n) is 23.1. The molecule has 0 aromatic heterocycles. The zero-order valence-corrected chi connectivity index (χ0v) is 24.7. The van der Waals surface area contributed by atoms with Crippen LogP contribution in [0.25, 0.3) is 0 Å². The van der Waals surface area contributed by atoms with Crippen LogP contribution in [0.1, 0.15) is 85.3 Å². The van der Waals surface area contributed by atoms with Gasteiger partial charge in [-0.15, -0.1) is 0 Å². The third kappa shape index (κ3) is 5.21. The first-order chi connectivity index (χ1) is 17.1. The van der Waals surface area contributed by atoms with Gasteiger partial charge in [0.15, 0.2) is 11.5 Å². The standard InChI is InChI=1S/C28H38BrN3O5/c1-17-22(32(23(33)36-25(2,3)4)24(34)37-26(5,6)7)31-28(30-17)21-15-19(29)10-9-18(21)16-27(28)13-11-20(35-8)12-14-27/h9-10,15,20H,11-14,16H2,1-8H3. The molecule has 2 amide bonds. The Morgan fingerprint density at radius 2 is 1.57 bits per heavy atom. The van der Waals surface area contributed by atoms with E-state index in [4.69, 9.17) is 24.2 Å². The Bertz CT molecular complexity index is 1130. The van der Waals surface area contributed by atoms with E-state index in [0.29, 0.717) is 5.71 Å². The van der Waals surface area contributed by atoms with Crippen LogP contribution in [0, 0.1) is 5.41 Å². The van der Waals surface area contributed by atoms with Crippen molar-refractivity contribution in [2.45, 2.75) is 104 Å². The van der Waals surface area contributed by atoms with Crippen molar-refractivity contribution in [3.05, 3.63) is 33.8 Å². The summed E-state index contributed by atoms with van der Waals surface area (Å²) in [4.78, 5) is 38.1. The summed E-state index contributed by atoms with van der Waals surface area (Å²) < 4.78 is 17.9. The predicted molar refractivity (Wildman–Crippen MR) is 146 cm³/mol. The summed E-state index contributed by atoms with van der Waals surface area (Å²) in [6.45, 7) is 12.3. The fourth-order valence-corrected chi connectivity index (χ4v) is 6.05. The second-order valence-corrected chi connectivity index (χ2v) is 13.2. The maximum absolute atomic E-state index is 13.4. The number of rotatable bonds is 1. The van der Waals surface area contributed by atoms with Crippen LogP contribution in [-0.4, -0.2) is 53.0 Å². The molecule has 2 aliphatic carbocycles. The first-order valence-electron chi connectivity index (χ1n) is 12.8. The minimum Gasteiger partial charge on any atom is -0.443 e. The maximum Gasteiger partial charge on any atom is 0.425 e. The average molecular weight is 577 g/mol. The van der Waals surface area contributed by atoms with Crippen LogP contribution in [0.5, 0.6) is 0 Å². The summed E-state index contributed by atoms with van der Waals surface area (Å²) in [6, 6.07) is 6.23. The molecule has 0 N–H and O–H groups in total. The molecule has 202 valence electrons. The van der Waals surface area contributed by atoms with Crippen LogP contribution in [0.4, 0.5) is 9.59 Å². The monoisotopic (exact) mass is 575 g/mol. The SMILES string of the molecule is COC1CCC2(CC1)Cc1ccc(Br)cc1C21N=C(C)C(N(C(=O)OC(C)(C)C)C(=O)OC(C)(C)C)=N1. The topological polar surface area (TPSA) is 89.8 Å². The van der Waals surface area contributed by atoms with Gasteiger partial charge in [-0.05, 0) is 98.3 Å². The number of imide groups is 1. The van der Waals surface area contributed by atoms with Gasteiger partial charge < -0.3 is 14.2 Å². The lowest BCUT2D eigenvalue weighted by atomic mass is 9.65. The van der Waals surface area contributed by atoms with Gasteiger partial charge in [-0.3, -0.25) is 4.99 Å². The van der Waals surface area contributed by atoms with Crippen molar-refractivity contribution < 1.29 is 23.8 Å². The molecule has 8 nitrogen and oxygen atoms in total. The quantitative estimate of drug-likeness (QED) is 0.368. The van der Waals surface area contributed by atoms with Gasteiger partial charge in [-0.1, -0.05) is 22.0 Å². The Morgan fingerprint density at radius 3 is 2.08 bits per heavy atom. The molecule has 1 atom stereocenters. The third-order valence-corrected chi connectivity index (χ3v) is 7.72. The van der Waals surface area contributed by atoms with Gasteiger partial charge in [0.1, 0.15) is 11.2 Å². The molecule has 1 heterocycles. The van der Waals surface area contributed by atoms with E-state index in [1.807, 2.05) is 6.07 Å². The van der Waals surface area contributed by atoms with Crippen molar-refractivity contribution in [1.82, 2.24) is 4.90 Å². The predicted octanol–water partition coefficient (Wildman–Crippen LogP) is 6.78. The second kappa shape index (κ2) is 9.49. The highest BCUT2D eigenvalue weighted by atomic mass is 79.9. The molecule has 1 aromatic rings. The molecule has 1 saturated carbocycles. The van der Waals surface area contributed by atoms with Gasteiger partial charge in [0.05, 0.1) is 11.8 Å². The Labute approximate surface area is 228 Å². The Morgan fingerprint density at radius 1 is 1.00 bits per heavy atom. The van der Waals surface area contributed by atoms with E-state index in [1.165, 1.54) is 5.56 Å². The molecule has 1 aliphatic heterocycles. The van der Waals surface area contributed by atoms with Crippen LogP contribution >= 0.6 is 15.9 Å². The fraction of sp³-hybridized carbons (Fsp3) is 0.643. The highest BCUT2D eigenvalue weighted by molar-refractivity contribution is 9.10. The summed E-state index contributed by atoms with van der Waals surface area (Å²) in [7, 11) is 1.76. The number of methoxy groups -OCH3 is 1. The van der Waals surface area contributed by atoms with E-state index in [-0.39, 0.29) is 17.4 Å². The number of carbonyl (C=O) groups excluding carboxylic acids is 2. The van der Waals surface area contributed by atoms with Gasteiger partial charge in [0.25, 0.3) is 0 Å². The molecule has 9 heteroatoms. The molecule has 0 saturated heterocycles. The molecule has 0 radical (unpaired) electrons. The summed E-state index contributed by atoms with van der Waals surface area (Å²) in [5.41, 5.74) is -0.193. The second-order valence-electron chi connectivity index (χ2n) is 12.3. The van der Waals surface area contributed by atoms with Crippen molar-refractivity contribution in [2.24, 2.45) is 15.4 Å². The van der Waals surface area contributed by atoms with Crippen LogP contribution in [-0.2, 0) is 26.3 Å². The lowest BCUT2D eigenvalue weighted by molar-refractivity contribution is -0.000899. The summed E-state index contributed by atoms with van der Waals surface area (Å²) in [6.07, 6.45) is 2.87. The van der Waals surface area contributed by atoms with Crippen molar-refractivity contribution in [3.8, 4) is 0 Å². The number of hydrogen-bond acceptors (Lipinski definition) is 7. The molecule has 4 rings (SSSR count). The van der Waals surface area contributed by atoms with Gasteiger partial charge in [-0.2, -0.15) is 4.90 Å². The van der Waals surface area contributed by atoms with Crippen LogP contribution in [0.2, 0.25) is 0 Å². The molecule has 0 bridgehead atoms. The number of fused-ring (bicyclic) bond motifs is 3. The van der Waals surface area contributed by atoms with Crippen molar-refractivity contribution >= 4 is 39.7 Å². The summed E-state index contributed by atoms with van der Waals surface area (Å²) >= 11 is 3.62. The van der Waals surface area contributed by atoms with Crippen LogP contribution in [0.15, 0.2) is 32.7 Å². The molecular weight excluding hydrogens is 538 g/mol. The molecule has 1 fully saturated rings. The molecule has 37 heavy (non-hydrogen) atoms. The van der Waals surface area contributed by atoms with Gasteiger partial charge in [0, 0.05) is 22.6 Å². The van der Waals surface area contributed by atoms with E-state index in [0.717, 1.165) is 47.0 Å². The van der Waals surface area contributed by atoms with Crippen LogP contribution in [0.3, 0.4) is 0 Å². The number of halogens is 1. The van der Waals surface area contributed by atoms with E-state index in [9.17, 15) is 9.59 Å². The summed E-state index contributed by atoms with van der Waals surface area (Å²) in [5.74, 6) is 0.171. The van der Waals surface area contributed by atoms with Crippen LogP contribution < -0.4 is 0 Å². The van der Waals surface area contributed by atoms with E-state index in [2.05, 4.69) is 28.1 Å². The van der Waals surface area contributed by atoms with E-state index < -0.39 is 29.1 Å². The normalized spacial score (nSPS) is 27.1. The highest BCUT2D eigenvalue weighted by Crippen LogP contribution is 2.62. The Balaban J connectivity index is 1.86. The number of ether oxygens (including phenoxy) is 3. The Kier molecular flexibility index (Phi) is 7.12.